The molecule has 98 valence electrons. The number of nitrogens with one attached hydrogen (secondary N) is 1. The number of carbonyl (C=O) groups is 1. The molecule has 0 bridgehead atoms. The van der Waals surface area contributed by atoms with E-state index in [2.05, 4.69) is 0 Å². The van der Waals surface area contributed by atoms with Gasteiger partial charge in [-0.2, -0.15) is 18.4 Å². The van der Waals surface area contributed by atoms with Gasteiger partial charge in [-0.1, -0.05) is 19.8 Å². The van der Waals surface area contributed by atoms with Gasteiger partial charge in [0.2, 0.25) is 0 Å². The van der Waals surface area contributed by atoms with Gasteiger partial charge in [0.25, 0.3) is 0 Å². The van der Waals surface area contributed by atoms with Crippen molar-refractivity contribution in [2.24, 2.45) is 0 Å². The highest BCUT2D eigenvalue weighted by Crippen LogP contribution is 2.16. The molecule has 0 rings (SSSR count). The molecule has 0 aliphatic heterocycles. The summed E-state index contributed by atoms with van der Waals surface area (Å²) in [6.07, 6.45) is -1.49. The lowest BCUT2D eigenvalue weighted by molar-refractivity contribution is -0.174. The number of nitrogens with zero attached hydrogens (tertiary/aromatic N) is 1. The van der Waals surface area contributed by atoms with Gasteiger partial charge in [0.05, 0.1) is 6.07 Å². The Balaban J connectivity index is 4.18. The number of alkyl halides is 3. The van der Waals surface area contributed by atoms with E-state index in [4.69, 9.17) is 5.26 Å². The van der Waals surface area contributed by atoms with Crippen LogP contribution in [-0.2, 0) is 4.79 Å². The second-order valence-electron chi connectivity index (χ2n) is 3.86. The normalized spacial score (nSPS) is 12.9. The van der Waals surface area contributed by atoms with Crippen LogP contribution in [-0.4, -0.2) is 18.1 Å². The molecule has 1 unspecified atom stereocenters. The summed E-state index contributed by atoms with van der Waals surface area (Å²) in [7, 11) is 0. The first-order valence-corrected chi connectivity index (χ1v) is 5.66. The minimum absolute atomic E-state index is 0.296. The quantitative estimate of drug-likeness (QED) is 0.706. The van der Waals surface area contributed by atoms with Crippen LogP contribution in [0.15, 0.2) is 0 Å². The molecule has 17 heavy (non-hydrogen) atoms. The zero-order chi connectivity index (χ0) is 13.3. The van der Waals surface area contributed by atoms with E-state index >= 15 is 0 Å². The van der Waals surface area contributed by atoms with E-state index in [1.54, 1.807) is 0 Å². The molecular weight excluding hydrogens is 233 g/mol. The first kappa shape index (κ1) is 15.8. The minimum atomic E-state index is -4.83. The Labute approximate surface area is 99.0 Å². The second kappa shape index (κ2) is 7.93. The Bertz CT molecular complexity index is 271. The summed E-state index contributed by atoms with van der Waals surface area (Å²) in [6.45, 7) is 1.93. The van der Waals surface area contributed by atoms with Crippen LogP contribution in [0, 0.1) is 11.3 Å². The summed E-state index contributed by atoms with van der Waals surface area (Å²) in [6, 6.07) is 1.44. The van der Waals surface area contributed by atoms with Gasteiger partial charge in [0.1, 0.15) is 0 Å². The molecule has 1 amide bonds. The van der Waals surface area contributed by atoms with Gasteiger partial charge in [-0.25, -0.2) is 0 Å². The molecule has 0 aromatic rings. The summed E-state index contributed by atoms with van der Waals surface area (Å²) in [5.74, 6) is -1.89. The van der Waals surface area contributed by atoms with Crippen LogP contribution >= 0.6 is 0 Å². The molecule has 0 fully saturated rings. The number of nitriles is 1. The summed E-state index contributed by atoms with van der Waals surface area (Å²) < 4.78 is 36.2. The molecule has 0 aromatic heterocycles. The maximum absolute atomic E-state index is 12.1. The Hall–Kier alpha value is -1.25. The van der Waals surface area contributed by atoms with E-state index in [1.807, 2.05) is 18.3 Å². The van der Waals surface area contributed by atoms with Crippen LogP contribution < -0.4 is 5.32 Å². The number of rotatable bonds is 7. The first-order valence-electron chi connectivity index (χ1n) is 5.66. The minimum Gasteiger partial charge on any atom is -0.346 e. The number of amides is 1. The van der Waals surface area contributed by atoms with Crippen LogP contribution in [0.5, 0.6) is 0 Å². The fraction of sp³-hybridized carbons (Fsp3) is 0.818. The third kappa shape index (κ3) is 7.61. The van der Waals surface area contributed by atoms with Crippen molar-refractivity contribution in [3.63, 3.8) is 0 Å². The van der Waals surface area contributed by atoms with Crippen LogP contribution in [0.3, 0.4) is 0 Å². The highest BCUT2D eigenvalue weighted by Gasteiger charge is 2.39. The average molecular weight is 250 g/mol. The molecule has 0 aliphatic rings. The van der Waals surface area contributed by atoms with E-state index in [-0.39, 0.29) is 0 Å². The number of carbonyl (C=O) groups excluding carboxylic acids is 1. The van der Waals surface area contributed by atoms with Crippen molar-refractivity contribution in [1.29, 1.82) is 5.26 Å². The summed E-state index contributed by atoms with van der Waals surface area (Å²) >= 11 is 0. The molecule has 1 N–H and O–H groups in total. The molecule has 0 saturated carbocycles. The Morgan fingerprint density at radius 2 is 1.94 bits per heavy atom. The molecule has 0 heterocycles. The fourth-order valence-corrected chi connectivity index (χ4v) is 1.43. The van der Waals surface area contributed by atoms with Gasteiger partial charge >= 0.3 is 12.1 Å². The van der Waals surface area contributed by atoms with Crippen molar-refractivity contribution in [3.05, 3.63) is 0 Å². The van der Waals surface area contributed by atoms with Crippen molar-refractivity contribution in [3.8, 4) is 6.07 Å². The number of hydrogen-bond donors (Lipinski definition) is 1. The highest BCUT2D eigenvalue weighted by atomic mass is 19.4. The lowest BCUT2D eigenvalue weighted by atomic mass is 10.0. The summed E-state index contributed by atoms with van der Waals surface area (Å²) in [5.41, 5.74) is 0. The Morgan fingerprint density at radius 1 is 1.35 bits per heavy atom. The molecule has 0 aromatic carbocycles. The molecule has 0 saturated heterocycles. The zero-order valence-electron chi connectivity index (χ0n) is 9.81. The van der Waals surface area contributed by atoms with Crippen molar-refractivity contribution in [2.75, 3.05) is 0 Å². The van der Waals surface area contributed by atoms with Gasteiger partial charge in [-0.3, -0.25) is 4.79 Å². The molecule has 3 nitrogen and oxygen atoms in total. The van der Waals surface area contributed by atoms with Crippen molar-refractivity contribution in [1.82, 2.24) is 5.32 Å². The first-order chi connectivity index (χ1) is 7.91. The number of unbranched alkanes of at least 4 members (excludes halogenated alkanes) is 2. The highest BCUT2D eigenvalue weighted by molar-refractivity contribution is 5.81. The summed E-state index contributed by atoms with van der Waals surface area (Å²) in [5, 5.41) is 10.3. The third-order valence-corrected chi connectivity index (χ3v) is 2.34. The molecule has 0 spiro atoms. The van der Waals surface area contributed by atoms with Crippen LogP contribution in [0.25, 0.3) is 0 Å². The van der Waals surface area contributed by atoms with Crippen LogP contribution in [0.4, 0.5) is 13.2 Å². The SMILES string of the molecule is CCCCC(CCCC#N)NC(=O)C(F)(F)F. The predicted octanol–water partition coefficient (Wildman–Crippen LogP) is 2.92. The van der Waals surface area contributed by atoms with E-state index in [0.717, 1.165) is 12.8 Å². The average Bonchev–Trinajstić information content (AvgIpc) is 2.24. The smallest absolute Gasteiger partial charge is 0.346 e. The molecule has 0 aliphatic carbocycles. The number of hydrogen-bond acceptors (Lipinski definition) is 2. The van der Waals surface area contributed by atoms with Crippen molar-refractivity contribution in [2.45, 2.75) is 57.7 Å². The number of halogens is 3. The van der Waals surface area contributed by atoms with Crippen molar-refractivity contribution < 1.29 is 18.0 Å². The standard InChI is InChI=1S/C11H17F3N2O/c1-2-3-6-9(7-4-5-8-15)16-10(17)11(12,13)14/h9H,2-7H2,1H3,(H,16,17). The zero-order valence-corrected chi connectivity index (χ0v) is 9.81. The topological polar surface area (TPSA) is 52.9 Å². The lowest BCUT2D eigenvalue weighted by Crippen LogP contribution is -2.43. The third-order valence-electron chi connectivity index (χ3n) is 2.34. The second-order valence-corrected chi connectivity index (χ2v) is 3.86. The molecule has 0 radical (unpaired) electrons. The van der Waals surface area contributed by atoms with Gasteiger partial charge in [-0.05, 0) is 19.3 Å². The predicted molar refractivity (Wildman–Crippen MR) is 57.0 cm³/mol. The van der Waals surface area contributed by atoms with E-state index in [0.29, 0.717) is 25.7 Å². The van der Waals surface area contributed by atoms with Gasteiger partial charge in [0, 0.05) is 12.5 Å². The Kier molecular flexibility index (Phi) is 7.35. The largest absolute Gasteiger partial charge is 0.471 e. The molecule has 1 atom stereocenters. The van der Waals surface area contributed by atoms with Gasteiger partial charge in [-0.15, -0.1) is 0 Å². The van der Waals surface area contributed by atoms with Gasteiger partial charge < -0.3 is 5.32 Å². The monoisotopic (exact) mass is 250 g/mol. The fourth-order valence-electron chi connectivity index (χ4n) is 1.43. The van der Waals surface area contributed by atoms with Crippen molar-refractivity contribution >= 4 is 5.91 Å². The van der Waals surface area contributed by atoms with E-state index in [9.17, 15) is 18.0 Å². The Morgan fingerprint density at radius 3 is 2.41 bits per heavy atom. The molecule has 6 heteroatoms. The van der Waals surface area contributed by atoms with E-state index < -0.39 is 18.1 Å². The van der Waals surface area contributed by atoms with E-state index in [1.165, 1.54) is 0 Å². The van der Waals surface area contributed by atoms with Gasteiger partial charge in [0.15, 0.2) is 0 Å². The maximum atomic E-state index is 12.1. The summed E-state index contributed by atoms with van der Waals surface area (Å²) in [4.78, 5) is 10.8. The maximum Gasteiger partial charge on any atom is 0.471 e. The molecular formula is C11H17F3N2O. The van der Waals surface area contributed by atoms with Crippen LogP contribution in [0.2, 0.25) is 0 Å². The lowest BCUT2D eigenvalue weighted by Gasteiger charge is -2.18. The van der Waals surface area contributed by atoms with Crippen LogP contribution in [0.1, 0.15) is 45.4 Å².